The number of aromatic nitrogens is 1. The molecule has 1 aliphatic carbocycles. The van der Waals surface area contributed by atoms with Crippen molar-refractivity contribution in [2.45, 2.75) is 38.0 Å². The number of hydrogen-bond acceptors (Lipinski definition) is 4. The van der Waals surface area contributed by atoms with E-state index in [1.165, 1.54) is 45.4 Å². The first-order chi connectivity index (χ1) is 10.4. The third kappa shape index (κ3) is 3.44. The monoisotopic (exact) mass is 287 g/mol. The van der Waals surface area contributed by atoms with E-state index in [0.29, 0.717) is 18.8 Å². The molecule has 2 aliphatic heterocycles. The molecule has 3 heterocycles. The fraction of sp³-hybridized carbons (Fsp3) is 0.706. The van der Waals surface area contributed by atoms with Crippen molar-refractivity contribution in [3.05, 3.63) is 30.1 Å². The van der Waals surface area contributed by atoms with Gasteiger partial charge in [-0.3, -0.25) is 9.88 Å². The summed E-state index contributed by atoms with van der Waals surface area (Å²) in [7, 11) is 0. The summed E-state index contributed by atoms with van der Waals surface area (Å²) in [6, 6.07) is 6.73. The molecular weight excluding hydrogens is 262 g/mol. The van der Waals surface area contributed by atoms with Crippen LogP contribution < -0.4 is 0 Å². The Morgan fingerprint density at radius 3 is 2.95 bits per heavy atom. The van der Waals surface area contributed by atoms with Crippen molar-refractivity contribution in [3.63, 3.8) is 0 Å². The average Bonchev–Trinajstić information content (AvgIpc) is 3.23. The highest BCUT2D eigenvalue weighted by Gasteiger charge is 2.37. The van der Waals surface area contributed by atoms with E-state index >= 15 is 0 Å². The molecule has 1 aromatic heterocycles. The fourth-order valence-corrected chi connectivity index (χ4v) is 3.70. The minimum Gasteiger partial charge on any atom is -0.371 e. The van der Waals surface area contributed by atoms with Crippen LogP contribution in [-0.4, -0.2) is 59.7 Å². The summed E-state index contributed by atoms with van der Waals surface area (Å²) < 4.78 is 6.09. The topological polar surface area (TPSA) is 28.6 Å². The van der Waals surface area contributed by atoms with Crippen molar-refractivity contribution < 1.29 is 4.74 Å². The summed E-state index contributed by atoms with van der Waals surface area (Å²) in [5.41, 5.74) is 1.04. The largest absolute Gasteiger partial charge is 0.371 e. The molecule has 3 fully saturated rings. The number of hydrogen-bond donors (Lipinski definition) is 0. The summed E-state index contributed by atoms with van der Waals surface area (Å²) in [4.78, 5) is 9.65. The zero-order valence-electron chi connectivity index (χ0n) is 12.7. The van der Waals surface area contributed by atoms with Gasteiger partial charge in [-0.1, -0.05) is 6.07 Å². The number of nitrogens with zero attached hydrogens (tertiary/aromatic N) is 3. The minimum atomic E-state index is 0.387. The summed E-state index contributed by atoms with van der Waals surface area (Å²) in [5, 5.41) is 0. The van der Waals surface area contributed by atoms with Gasteiger partial charge in [0.05, 0.1) is 18.4 Å². The van der Waals surface area contributed by atoms with E-state index in [1.807, 2.05) is 24.4 Å². The van der Waals surface area contributed by atoms with Crippen molar-refractivity contribution >= 4 is 0 Å². The van der Waals surface area contributed by atoms with Crippen LogP contribution >= 0.6 is 0 Å². The molecule has 0 unspecified atom stereocenters. The van der Waals surface area contributed by atoms with Crippen LogP contribution in [0.15, 0.2) is 24.4 Å². The SMILES string of the molecule is c1ccc(CO[C@H]2C[C@@H]3CN(CC4CC4)CCN3C2)nc1. The number of ether oxygens (including phenoxy) is 1. The van der Waals surface area contributed by atoms with Gasteiger partial charge >= 0.3 is 0 Å². The summed E-state index contributed by atoms with van der Waals surface area (Å²) in [5.74, 6) is 1.01. The van der Waals surface area contributed by atoms with Crippen LogP contribution in [0.5, 0.6) is 0 Å². The molecule has 4 heteroatoms. The number of rotatable bonds is 5. The molecule has 0 bridgehead atoms. The predicted octanol–water partition coefficient (Wildman–Crippen LogP) is 1.77. The van der Waals surface area contributed by atoms with Gasteiger partial charge in [0.25, 0.3) is 0 Å². The molecule has 4 rings (SSSR count). The molecule has 1 saturated carbocycles. The van der Waals surface area contributed by atoms with Gasteiger partial charge in [0.2, 0.25) is 0 Å². The maximum absolute atomic E-state index is 6.09. The van der Waals surface area contributed by atoms with Crippen molar-refractivity contribution in [3.8, 4) is 0 Å². The second-order valence-electron chi connectivity index (χ2n) is 6.84. The summed E-state index contributed by atoms with van der Waals surface area (Å²) in [6.45, 7) is 6.82. The molecule has 114 valence electrons. The standard InChI is InChI=1S/C17H25N3O/c1-2-6-18-15(3-1)13-21-17-9-16-11-19(10-14-4-5-14)7-8-20(16)12-17/h1-3,6,14,16-17H,4-5,7-13H2/t16-,17+/m1/s1. The second-order valence-corrected chi connectivity index (χ2v) is 6.84. The lowest BCUT2D eigenvalue weighted by Gasteiger charge is -2.37. The Labute approximate surface area is 127 Å². The lowest BCUT2D eigenvalue weighted by atomic mass is 10.1. The van der Waals surface area contributed by atoms with Crippen molar-refractivity contribution in [2.75, 3.05) is 32.7 Å². The van der Waals surface area contributed by atoms with Crippen LogP contribution in [0.25, 0.3) is 0 Å². The summed E-state index contributed by atoms with van der Waals surface area (Å²) in [6.07, 6.45) is 6.33. The Morgan fingerprint density at radius 2 is 2.14 bits per heavy atom. The van der Waals surface area contributed by atoms with Gasteiger partial charge < -0.3 is 9.64 Å². The van der Waals surface area contributed by atoms with Gasteiger partial charge in [0.15, 0.2) is 0 Å². The Bertz CT molecular complexity index is 462. The van der Waals surface area contributed by atoms with E-state index in [2.05, 4.69) is 14.8 Å². The Hall–Kier alpha value is -0.970. The first-order valence-corrected chi connectivity index (χ1v) is 8.35. The Balaban J connectivity index is 1.26. The van der Waals surface area contributed by atoms with E-state index in [1.54, 1.807) is 0 Å². The molecule has 0 spiro atoms. The van der Waals surface area contributed by atoms with E-state index in [0.717, 1.165) is 18.2 Å². The first-order valence-electron chi connectivity index (χ1n) is 8.35. The minimum absolute atomic E-state index is 0.387. The molecule has 0 radical (unpaired) electrons. The van der Waals surface area contributed by atoms with Crippen LogP contribution in [0, 0.1) is 5.92 Å². The molecule has 2 saturated heterocycles. The molecule has 2 atom stereocenters. The average molecular weight is 287 g/mol. The third-order valence-corrected chi connectivity index (χ3v) is 5.07. The van der Waals surface area contributed by atoms with Crippen molar-refractivity contribution in [2.24, 2.45) is 5.92 Å². The quantitative estimate of drug-likeness (QED) is 0.825. The lowest BCUT2D eigenvalue weighted by molar-refractivity contribution is 0.0441. The normalized spacial score (nSPS) is 30.5. The van der Waals surface area contributed by atoms with Gasteiger partial charge in [-0.25, -0.2) is 0 Å². The molecule has 3 aliphatic rings. The van der Waals surface area contributed by atoms with Crippen LogP contribution in [-0.2, 0) is 11.3 Å². The zero-order chi connectivity index (χ0) is 14.1. The van der Waals surface area contributed by atoms with E-state index in [4.69, 9.17) is 4.74 Å². The van der Waals surface area contributed by atoms with Crippen molar-refractivity contribution in [1.82, 2.24) is 14.8 Å². The molecule has 4 nitrogen and oxygen atoms in total. The smallest absolute Gasteiger partial charge is 0.0892 e. The van der Waals surface area contributed by atoms with E-state index in [9.17, 15) is 0 Å². The van der Waals surface area contributed by atoms with E-state index in [-0.39, 0.29) is 0 Å². The molecule has 1 aromatic rings. The van der Waals surface area contributed by atoms with Gasteiger partial charge in [-0.15, -0.1) is 0 Å². The highest BCUT2D eigenvalue weighted by atomic mass is 16.5. The highest BCUT2D eigenvalue weighted by molar-refractivity contribution is 5.02. The van der Waals surface area contributed by atoms with Crippen LogP contribution in [0.3, 0.4) is 0 Å². The highest BCUT2D eigenvalue weighted by Crippen LogP contribution is 2.31. The Kier molecular flexibility index (Phi) is 3.93. The number of piperazine rings is 1. The van der Waals surface area contributed by atoms with Gasteiger partial charge in [-0.2, -0.15) is 0 Å². The summed E-state index contributed by atoms with van der Waals surface area (Å²) >= 11 is 0. The van der Waals surface area contributed by atoms with Gasteiger partial charge in [-0.05, 0) is 37.3 Å². The maximum Gasteiger partial charge on any atom is 0.0892 e. The molecule has 21 heavy (non-hydrogen) atoms. The molecule has 0 N–H and O–H groups in total. The Morgan fingerprint density at radius 1 is 1.19 bits per heavy atom. The van der Waals surface area contributed by atoms with Gasteiger partial charge in [0.1, 0.15) is 0 Å². The number of pyridine rings is 1. The van der Waals surface area contributed by atoms with Crippen LogP contribution in [0.2, 0.25) is 0 Å². The fourth-order valence-electron chi connectivity index (χ4n) is 3.70. The van der Waals surface area contributed by atoms with Crippen molar-refractivity contribution in [1.29, 1.82) is 0 Å². The van der Waals surface area contributed by atoms with Crippen LogP contribution in [0.4, 0.5) is 0 Å². The number of fused-ring (bicyclic) bond motifs is 1. The predicted molar refractivity (Wildman–Crippen MR) is 82.0 cm³/mol. The van der Waals surface area contributed by atoms with Crippen LogP contribution in [0.1, 0.15) is 25.0 Å². The molecule has 0 amide bonds. The molecule has 0 aromatic carbocycles. The van der Waals surface area contributed by atoms with E-state index < -0.39 is 0 Å². The first kappa shape index (κ1) is 13.7. The molecular formula is C17H25N3O. The zero-order valence-corrected chi connectivity index (χ0v) is 12.7. The maximum atomic E-state index is 6.09. The lowest BCUT2D eigenvalue weighted by Crippen LogP contribution is -2.50. The van der Waals surface area contributed by atoms with Gasteiger partial charge in [0, 0.05) is 45.0 Å². The second kappa shape index (κ2) is 6.03. The third-order valence-electron chi connectivity index (χ3n) is 5.07.